The normalized spacial score (nSPS) is 12.6. The van der Waals surface area contributed by atoms with E-state index in [0.29, 0.717) is 6.07 Å². The molecule has 1 unspecified atom stereocenters. The minimum absolute atomic E-state index is 0.0757. The van der Waals surface area contributed by atoms with Crippen LogP contribution in [-0.4, -0.2) is 70.4 Å². The first kappa shape index (κ1) is 36.8. The maximum absolute atomic E-state index is 15.1. The number of hydrogen-bond acceptors (Lipinski definition) is 11. The van der Waals surface area contributed by atoms with Crippen LogP contribution in [0.4, 0.5) is 28.2 Å². The Morgan fingerprint density at radius 3 is 2.29 bits per heavy atom. The molecule has 18 heteroatoms. The number of halogens is 4. The summed E-state index contributed by atoms with van der Waals surface area (Å²) in [7, 11) is -3.49. The summed E-state index contributed by atoms with van der Waals surface area (Å²) in [5, 5.41) is 9.49. The second-order valence-electron chi connectivity index (χ2n) is 12.2. The number of hydrogen-bond donors (Lipinski definition) is 2. The van der Waals surface area contributed by atoms with Crippen LogP contribution in [-0.2, 0) is 30.8 Å². The molecule has 4 aromatic rings. The number of carbonyl (C=O) groups excluding carboxylic acids is 2. The van der Waals surface area contributed by atoms with E-state index in [1.54, 1.807) is 34.6 Å². The molecular formula is C31H34F4N6O7S. The number of ether oxygens (including phenoxy) is 3. The average molecular weight is 711 g/mol. The number of aromatic nitrogens is 4. The summed E-state index contributed by atoms with van der Waals surface area (Å²) >= 11 is 0. The van der Waals surface area contributed by atoms with Crippen molar-refractivity contribution in [2.45, 2.75) is 53.0 Å². The number of nitrogens with one attached hydrogen (secondary N) is 2. The van der Waals surface area contributed by atoms with E-state index in [4.69, 9.17) is 14.2 Å². The predicted octanol–water partition coefficient (Wildman–Crippen LogP) is 5.35. The minimum Gasteiger partial charge on any atom is -0.444 e. The third-order valence-electron chi connectivity index (χ3n) is 6.54. The molecule has 2 aromatic carbocycles. The summed E-state index contributed by atoms with van der Waals surface area (Å²) in [4.78, 5) is 34.1. The maximum Gasteiger partial charge on any atom is 0.408 e. The molecule has 0 saturated carbocycles. The molecule has 264 valence electrons. The lowest BCUT2D eigenvalue weighted by Crippen LogP contribution is -2.47. The Morgan fingerprint density at radius 2 is 1.65 bits per heavy atom. The molecule has 49 heavy (non-hydrogen) atoms. The van der Waals surface area contributed by atoms with Gasteiger partial charge in [0.05, 0.1) is 11.1 Å². The smallest absolute Gasteiger partial charge is 0.408 e. The third kappa shape index (κ3) is 9.77. The van der Waals surface area contributed by atoms with E-state index in [9.17, 15) is 31.2 Å². The van der Waals surface area contributed by atoms with Crippen molar-refractivity contribution in [1.82, 2.24) is 25.1 Å². The maximum atomic E-state index is 15.1. The van der Waals surface area contributed by atoms with E-state index >= 15 is 4.39 Å². The van der Waals surface area contributed by atoms with E-state index in [1.165, 1.54) is 0 Å². The van der Waals surface area contributed by atoms with Gasteiger partial charge in [-0.2, -0.15) is 15.1 Å². The topological polar surface area (TPSA) is 164 Å². The van der Waals surface area contributed by atoms with Crippen molar-refractivity contribution in [2.75, 3.05) is 23.9 Å². The molecule has 0 aliphatic rings. The number of esters is 1. The standard InChI is InChI=1S/C31H34F4N6O7S/c1-16(2)24(37-30(43)48-31(3,4)5)28(42)46-15-41-27-23(25(40-41)19-13-17(32)7-9-20(19)34)26(36-11-12-49(6,44)45)38-29(39-27)47-22-10-8-18(33)14-21(22)35/h7-10,13-14,16,24H,11-12,15H2,1-6H3,(H,37,43)(H,36,38,39). The summed E-state index contributed by atoms with van der Waals surface area (Å²) in [5.74, 6) is -6.13. The van der Waals surface area contributed by atoms with Crippen LogP contribution in [0, 0.1) is 29.2 Å². The Balaban J connectivity index is 1.82. The molecular weight excluding hydrogens is 676 g/mol. The van der Waals surface area contributed by atoms with Crippen molar-refractivity contribution in [3.05, 3.63) is 59.7 Å². The molecule has 0 spiro atoms. The molecule has 0 fully saturated rings. The van der Waals surface area contributed by atoms with Crippen LogP contribution in [0.15, 0.2) is 36.4 Å². The number of rotatable bonds is 12. The Hall–Kier alpha value is -5.00. The fourth-order valence-electron chi connectivity index (χ4n) is 4.34. The summed E-state index contributed by atoms with van der Waals surface area (Å²) in [6.07, 6.45) is 0.127. The van der Waals surface area contributed by atoms with Gasteiger partial charge in [-0.25, -0.2) is 40.3 Å². The van der Waals surface area contributed by atoms with Crippen LogP contribution in [0.5, 0.6) is 11.8 Å². The summed E-state index contributed by atoms with van der Waals surface area (Å²) in [6, 6.07) is 3.32. The molecule has 1 amide bonds. The van der Waals surface area contributed by atoms with Gasteiger partial charge in [-0.1, -0.05) is 13.8 Å². The van der Waals surface area contributed by atoms with Crippen molar-refractivity contribution in [1.29, 1.82) is 0 Å². The van der Waals surface area contributed by atoms with Gasteiger partial charge >= 0.3 is 18.1 Å². The molecule has 1 atom stereocenters. The van der Waals surface area contributed by atoms with Gasteiger partial charge in [-0.3, -0.25) is 0 Å². The van der Waals surface area contributed by atoms with Crippen LogP contribution < -0.4 is 15.4 Å². The Morgan fingerprint density at radius 1 is 0.980 bits per heavy atom. The van der Waals surface area contributed by atoms with E-state index < -0.39 is 81.2 Å². The molecule has 0 aliphatic heterocycles. The van der Waals surface area contributed by atoms with E-state index in [0.717, 1.165) is 41.3 Å². The van der Waals surface area contributed by atoms with Crippen molar-refractivity contribution in [3.63, 3.8) is 0 Å². The number of anilines is 1. The first-order valence-corrected chi connectivity index (χ1v) is 16.8. The zero-order chi connectivity index (χ0) is 36.3. The lowest BCUT2D eigenvalue weighted by Gasteiger charge is -2.24. The summed E-state index contributed by atoms with van der Waals surface area (Å²) in [5.41, 5.74) is -1.65. The number of benzene rings is 2. The molecule has 2 heterocycles. The van der Waals surface area contributed by atoms with Crippen molar-refractivity contribution in [2.24, 2.45) is 5.92 Å². The molecule has 4 rings (SSSR count). The number of fused-ring (bicyclic) bond motifs is 1. The molecule has 2 aromatic heterocycles. The monoisotopic (exact) mass is 710 g/mol. The zero-order valence-corrected chi connectivity index (χ0v) is 28.1. The van der Waals surface area contributed by atoms with Crippen LogP contribution in [0.3, 0.4) is 0 Å². The quantitative estimate of drug-likeness (QED) is 0.144. The summed E-state index contributed by atoms with van der Waals surface area (Å²) in [6.45, 7) is 7.31. The van der Waals surface area contributed by atoms with Crippen molar-refractivity contribution >= 4 is 38.8 Å². The lowest BCUT2D eigenvalue weighted by atomic mass is 10.1. The van der Waals surface area contributed by atoms with Gasteiger partial charge in [-0.15, -0.1) is 0 Å². The fourth-order valence-corrected chi connectivity index (χ4v) is 4.81. The van der Waals surface area contributed by atoms with E-state index in [1.807, 2.05) is 0 Å². The number of sulfone groups is 1. The van der Waals surface area contributed by atoms with E-state index in [-0.39, 0.29) is 40.4 Å². The number of carbonyl (C=O) groups is 2. The number of alkyl carbamates (subject to hydrolysis) is 1. The summed E-state index contributed by atoms with van der Waals surface area (Å²) < 4.78 is 98.4. The Labute approximate surface area is 278 Å². The van der Waals surface area contributed by atoms with Crippen LogP contribution in [0.2, 0.25) is 0 Å². The third-order valence-corrected chi connectivity index (χ3v) is 7.48. The first-order chi connectivity index (χ1) is 22.8. The zero-order valence-electron chi connectivity index (χ0n) is 27.3. The largest absolute Gasteiger partial charge is 0.444 e. The highest BCUT2D eigenvalue weighted by molar-refractivity contribution is 7.90. The van der Waals surface area contributed by atoms with Crippen LogP contribution in [0.1, 0.15) is 34.6 Å². The fraction of sp³-hybridized carbons (Fsp3) is 0.387. The number of nitrogens with zero attached hydrogens (tertiary/aromatic N) is 4. The van der Waals surface area contributed by atoms with Gasteiger partial charge in [0, 0.05) is 24.4 Å². The van der Waals surface area contributed by atoms with Gasteiger partial charge in [0.15, 0.2) is 23.9 Å². The van der Waals surface area contributed by atoms with Crippen molar-refractivity contribution < 1.29 is 49.8 Å². The molecule has 0 radical (unpaired) electrons. The highest BCUT2D eigenvalue weighted by atomic mass is 32.2. The highest BCUT2D eigenvalue weighted by Crippen LogP contribution is 2.36. The Kier molecular flexibility index (Phi) is 11.0. The molecule has 0 saturated heterocycles. The lowest BCUT2D eigenvalue weighted by molar-refractivity contribution is -0.151. The van der Waals surface area contributed by atoms with Gasteiger partial charge in [0.2, 0.25) is 0 Å². The van der Waals surface area contributed by atoms with Crippen LogP contribution in [0.25, 0.3) is 22.3 Å². The molecule has 13 nitrogen and oxygen atoms in total. The molecule has 2 N–H and O–H groups in total. The predicted molar refractivity (Wildman–Crippen MR) is 169 cm³/mol. The Bertz CT molecular complexity index is 1980. The van der Waals surface area contributed by atoms with Crippen LogP contribution >= 0.6 is 0 Å². The van der Waals surface area contributed by atoms with Gasteiger partial charge in [0.25, 0.3) is 0 Å². The van der Waals surface area contributed by atoms with E-state index in [2.05, 4.69) is 25.7 Å². The SMILES string of the molecule is CC(C)C(NC(=O)OC(C)(C)C)C(=O)OCn1nc(-c2cc(F)ccc2F)c2c(NCCS(C)(=O)=O)nc(Oc3ccc(F)cc3F)nc21. The average Bonchev–Trinajstić information content (AvgIpc) is 3.34. The minimum atomic E-state index is -3.49. The van der Waals surface area contributed by atoms with Crippen molar-refractivity contribution in [3.8, 4) is 23.0 Å². The first-order valence-electron chi connectivity index (χ1n) is 14.8. The molecule has 0 aliphatic carbocycles. The second kappa shape index (κ2) is 14.6. The molecule has 0 bridgehead atoms. The van der Waals surface area contributed by atoms with Gasteiger partial charge in [0.1, 0.15) is 50.4 Å². The highest BCUT2D eigenvalue weighted by Gasteiger charge is 2.30. The second-order valence-corrected chi connectivity index (χ2v) is 14.5. The van der Waals surface area contributed by atoms with Gasteiger partial charge < -0.3 is 24.8 Å². The van der Waals surface area contributed by atoms with Gasteiger partial charge in [-0.05, 0) is 57.0 Å². The number of amides is 1.